The van der Waals surface area contributed by atoms with Gasteiger partial charge in [0, 0.05) is 16.5 Å². The zero-order chi connectivity index (χ0) is 25.5. The lowest BCUT2D eigenvalue weighted by Gasteiger charge is -2.51. The van der Waals surface area contributed by atoms with Crippen LogP contribution in [-0.4, -0.2) is 19.8 Å². The van der Waals surface area contributed by atoms with Crippen molar-refractivity contribution in [2.45, 2.75) is 38.6 Å². The van der Waals surface area contributed by atoms with Crippen molar-refractivity contribution < 1.29 is 36.2 Å². The van der Waals surface area contributed by atoms with Gasteiger partial charge in [0.2, 0.25) is 0 Å². The van der Waals surface area contributed by atoms with Gasteiger partial charge in [-0.25, -0.2) is 22.0 Å². The van der Waals surface area contributed by atoms with Crippen LogP contribution in [0.1, 0.15) is 36.5 Å². The fraction of sp³-hybridized carbons (Fsp3) is 0.357. The zero-order valence-corrected chi connectivity index (χ0v) is 19.7. The SMILES string of the molecule is CCCC12COC(c3ccc(-c4ccc(CCc5cc(F)c(F)c(F)c5)c(F)c4F)cc3)(OC1)OC2. The molecule has 3 aromatic rings. The van der Waals surface area contributed by atoms with E-state index in [1.807, 2.05) is 0 Å². The minimum atomic E-state index is -1.56. The normalized spacial score (nSPS) is 23.3. The monoisotopic (exact) mass is 504 g/mol. The molecule has 190 valence electrons. The van der Waals surface area contributed by atoms with Crippen LogP contribution in [0.3, 0.4) is 0 Å². The van der Waals surface area contributed by atoms with Gasteiger partial charge in [-0.1, -0.05) is 49.7 Å². The van der Waals surface area contributed by atoms with Crippen molar-refractivity contribution >= 4 is 0 Å². The van der Waals surface area contributed by atoms with Crippen molar-refractivity contribution in [1.82, 2.24) is 0 Å². The summed E-state index contributed by atoms with van der Waals surface area (Å²) in [7, 11) is 0. The molecule has 3 nitrogen and oxygen atoms in total. The maximum atomic E-state index is 15.0. The second kappa shape index (κ2) is 9.57. The maximum absolute atomic E-state index is 15.0. The van der Waals surface area contributed by atoms with E-state index in [1.54, 1.807) is 24.3 Å². The Morgan fingerprint density at radius 3 is 1.92 bits per heavy atom. The van der Waals surface area contributed by atoms with Crippen molar-refractivity contribution in [3.05, 3.63) is 94.3 Å². The van der Waals surface area contributed by atoms with Crippen LogP contribution >= 0.6 is 0 Å². The van der Waals surface area contributed by atoms with Crippen molar-refractivity contribution in [1.29, 1.82) is 0 Å². The maximum Gasteiger partial charge on any atom is 0.312 e. The molecule has 3 saturated heterocycles. The molecule has 0 atom stereocenters. The third kappa shape index (κ3) is 4.42. The predicted octanol–water partition coefficient (Wildman–Crippen LogP) is 6.81. The number of ether oxygens (including phenoxy) is 3. The summed E-state index contributed by atoms with van der Waals surface area (Å²) in [6, 6.07) is 11.3. The van der Waals surface area contributed by atoms with Crippen LogP contribution in [0.5, 0.6) is 0 Å². The van der Waals surface area contributed by atoms with E-state index in [0.29, 0.717) is 30.9 Å². The van der Waals surface area contributed by atoms with Crippen LogP contribution in [0.15, 0.2) is 48.5 Å². The lowest BCUT2D eigenvalue weighted by molar-refractivity contribution is -0.480. The van der Waals surface area contributed by atoms with Crippen LogP contribution < -0.4 is 0 Å². The summed E-state index contributed by atoms with van der Waals surface area (Å²) >= 11 is 0. The molecule has 3 fully saturated rings. The summed E-state index contributed by atoms with van der Waals surface area (Å²) in [6.45, 7) is 3.69. The van der Waals surface area contributed by atoms with Crippen LogP contribution in [-0.2, 0) is 33.0 Å². The molecule has 3 aromatic carbocycles. The molecular formula is C28H25F5O3. The first kappa shape index (κ1) is 24.9. The quantitative estimate of drug-likeness (QED) is 0.261. The van der Waals surface area contributed by atoms with E-state index in [2.05, 4.69) is 6.92 Å². The lowest BCUT2D eigenvalue weighted by Crippen LogP contribution is -2.58. The summed E-state index contributed by atoms with van der Waals surface area (Å²) in [6.07, 6.45) is 1.95. The number of halogens is 5. The minimum absolute atomic E-state index is 0.0134. The van der Waals surface area contributed by atoms with E-state index in [-0.39, 0.29) is 34.9 Å². The highest BCUT2D eigenvalue weighted by Gasteiger charge is 2.53. The highest BCUT2D eigenvalue weighted by atomic mass is 19.2. The van der Waals surface area contributed by atoms with Crippen LogP contribution in [0, 0.1) is 34.5 Å². The molecule has 0 saturated carbocycles. The molecule has 0 radical (unpaired) electrons. The largest absolute Gasteiger partial charge is 0.323 e. The minimum Gasteiger partial charge on any atom is -0.323 e. The number of aryl methyl sites for hydroxylation is 2. The van der Waals surface area contributed by atoms with Gasteiger partial charge < -0.3 is 14.2 Å². The number of rotatable bonds is 7. The number of hydrogen-bond acceptors (Lipinski definition) is 3. The third-order valence-electron chi connectivity index (χ3n) is 6.92. The molecule has 0 aromatic heterocycles. The average molecular weight is 504 g/mol. The van der Waals surface area contributed by atoms with E-state index < -0.39 is 35.1 Å². The van der Waals surface area contributed by atoms with Gasteiger partial charge in [0.05, 0.1) is 19.8 Å². The number of hydrogen-bond donors (Lipinski definition) is 0. The van der Waals surface area contributed by atoms with Crippen LogP contribution in [0.25, 0.3) is 11.1 Å². The van der Waals surface area contributed by atoms with E-state index in [1.165, 1.54) is 12.1 Å². The van der Waals surface area contributed by atoms with Gasteiger partial charge in [-0.2, -0.15) is 0 Å². The van der Waals surface area contributed by atoms with E-state index >= 15 is 0 Å². The number of benzene rings is 3. The van der Waals surface area contributed by atoms with Crippen LogP contribution in [0.2, 0.25) is 0 Å². The third-order valence-corrected chi connectivity index (χ3v) is 6.92. The summed E-state index contributed by atoms with van der Waals surface area (Å²) in [4.78, 5) is 0. The molecule has 6 rings (SSSR count). The molecule has 3 aliphatic rings. The smallest absolute Gasteiger partial charge is 0.312 e. The zero-order valence-electron chi connectivity index (χ0n) is 19.7. The lowest BCUT2D eigenvalue weighted by atomic mass is 9.83. The van der Waals surface area contributed by atoms with Gasteiger partial charge in [0.25, 0.3) is 0 Å². The van der Waals surface area contributed by atoms with Crippen molar-refractivity contribution in [2.75, 3.05) is 19.8 Å². The van der Waals surface area contributed by atoms with Gasteiger partial charge in [-0.3, -0.25) is 0 Å². The first-order valence-electron chi connectivity index (χ1n) is 11.9. The van der Waals surface area contributed by atoms with Gasteiger partial charge in [0.15, 0.2) is 29.1 Å². The van der Waals surface area contributed by atoms with E-state index in [9.17, 15) is 22.0 Å². The Balaban J connectivity index is 1.31. The fourth-order valence-corrected chi connectivity index (χ4v) is 4.88. The highest BCUT2D eigenvalue weighted by molar-refractivity contribution is 5.65. The van der Waals surface area contributed by atoms with Gasteiger partial charge >= 0.3 is 5.97 Å². The Labute approximate surface area is 205 Å². The summed E-state index contributed by atoms with van der Waals surface area (Å²) in [5, 5.41) is 0. The topological polar surface area (TPSA) is 27.7 Å². The number of fused-ring (bicyclic) bond motifs is 3. The Morgan fingerprint density at radius 2 is 1.33 bits per heavy atom. The Morgan fingerprint density at radius 1 is 0.722 bits per heavy atom. The molecule has 3 heterocycles. The molecule has 0 amide bonds. The molecule has 8 heteroatoms. The van der Waals surface area contributed by atoms with Crippen LogP contribution in [0.4, 0.5) is 22.0 Å². The Bertz CT molecular complexity index is 1230. The summed E-state index contributed by atoms with van der Waals surface area (Å²) < 4.78 is 87.6. The van der Waals surface area contributed by atoms with Gasteiger partial charge in [-0.15, -0.1) is 0 Å². The second-order valence-corrected chi connectivity index (χ2v) is 9.52. The average Bonchev–Trinajstić information content (AvgIpc) is 2.89. The molecule has 0 aliphatic carbocycles. The second-order valence-electron chi connectivity index (χ2n) is 9.52. The van der Waals surface area contributed by atoms with Crippen molar-refractivity contribution in [3.63, 3.8) is 0 Å². The van der Waals surface area contributed by atoms with Gasteiger partial charge in [-0.05, 0) is 48.1 Å². The van der Waals surface area contributed by atoms with Crippen molar-refractivity contribution in [3.8, 4) is 11.1 Å². The highest BCUT2D eigenvalue weighted by Crippen LogP contribution is 2.46. The predicted molar refractivity (Wildman–Crippen MR) is 122 cm³/mol. The summed E-state index contributed by atoms with van der Waals surface area (Å²) in [5.41, 5.74) is 1.22. The molecule has 0 spiro atoms. The fourth-order valence-electron chi connectivity index (χ4n) is 4.88. The van der Waals surface area contributed by atoms with Gasteiger partial charge in [0.1, 0.15) is 0 Å². The van der Waals surface area contributed by atoms with E-state index in [0.717, 1.165) is 25.0 Å². The standard InChI is InChI=1S/C28H25F5O3/c1-2-11-27-14-34-28(35-15-27,36-16-27)20-8-5-18(6-9-20)21-10-7-19(24(31)25(21)32)4-3-17-12-22(29)26(33)23(30)13-17/h5-10,12-13H,2-4,11,14-16H2,1H3. The molecule has 0 N–H and O–H groups in total. The van der Waals surface area contributed by atoms with E-state index in [4.69, 9.17) is 14.2 Å². The molecule has 2 bridgehead atoms. The Kier molecular flexibility index (Phi) is 6.61. The first-order valence-corrected chi connectivity index (χ1v) is 11.9. The van der Waals surface area contributed by atoms with Crippen molar-refractivity contribution in [2.24, 2.45) is 5.41 Å². The molecule has 0 unspecified atom stereocenters. The Hall–Kier alpha value is -2.81. The molecule has 3 aliphatic heterocycles. The molecule has 36 heavy (non-hydrogen) atoms. The molecular weight excluding hydrogens is 479 g/mol. The first-order chi connectivity index (χ1) is 17.3. The summed E-state index contributed by atoms with van der Waals surface area (Å²) in [5.74, 6) is -7.57.